The van der Waals surface area contributed by atoms with E-state index in [9.17, 15) is 4.79 Å². The van der Waals surface area contributed by atoms with Gasteiger partial charge in [0.2, 0.25) is 5.91 Å². The Labute approximate surface area is 149 Å². The topological polar surface area (TPSA) is 38.3 Å². The molecule has 2 rings (SSSR count). The number of ether oxygens (including phenoxy) is 1. The average molecular weight is 394 g/mol. The predicted octanol–water partition coefficient (Wildman–Crippen LogP) is 4.19. The summed E-state index contributed by atoms with van der Waals surface area (Å²) in [6.45, 7) is 3.01. The minimum atomic E-state index is 0.0421. The van der Waals surface area contributed by atoms with Gasteiger partial charge in [0.1, 0.15) is 12.4 Å². The fourth-order valence-electron chi connectivity index (χ4n) is 1.96. The van der Waals surface area contributed by atoms with Crippen molar-refractivity contribution in [2.75, 3.05) is 18.9 Å². The minimum Gasteiger partial charge on any atom is -0.491 e. The number of rotatable bonds is 8. The van der Waals surface area contributed by atoms with E-state index in [0.29, 0.717) is 18.9 Å². The van der Waals surface area contributed by atoms with E-state index in [4.69, 9.17) is 4.74 Å². The summed E-state index contributed by atoms with van der Waals surface area (Å²) in [5.41, 5.74) is 2.32. The van der Waals surface area contributed by atoms with Gasteiger partial charge >= 0.3 is 0 Å². The Bertz CT molecular complexity index is 631. The number of carbonyl (C=O) groups is 1. The van der Waals surface area contributed by atoms with Crippen LogP contribution in [0, 0.1) is 6.92 Å². The first-order valence-electron chi connectivity index (χ1n) is 7.42. The average Bonchev–Trinajstić information content (AvgIpc) is 2.55. The summed E-state index contributed by atoms with van der Waals surface area (Å²) < 4.78 is 6.71. The molecule has 5 heteroatoms. The van der Waals surface area contributed by atoms with E-state index in [0.717, 1.165) is 21.5 Å². The van der Waals surface area contributed by atoms with E-state index in [-0.39, 0.29) is 5.91 Å². The molecule has 1 amide bonds. The summed E-state index contributed by atoms with van der Waals surface area (Å²) in [7, 11) is 0. The number of carbonyl (C=O) groups excluding carboxylic acids is 1. The molecular weight excluding hydrogens is 374 g/mol. The van der Waals surface area contributed by atoms with E-state index in [1.165, 1.54) is 5.56 Å². The lowest BCUT2D eigenvalue weighted by atomic mass is 10.2. The highest BCUT2D eigenvalue weighted by Gasteiger charge is 2.03. The van der Waals surface area contributed by atoms with Crippen LogP contribution in [0.25, 0.3) is 0 Å². The monoisotopic (exact) mass is 393 g/mol. The molecule has 0 heterocycles. The first kappa shape index (κ1) is 17.9. The van der Waals surface area contributed by atoms with Crippen LogP contribution in [-0.2, 0) is 10.5 Å². The van der Waals surface area contributed by atoms with Gasteiger partial charge in [0, 0.05) is 10.2 Å². The van der Waals surface area contributed by atoms with E-state index in [1.54, 1.807) is 11.8 Å². The molecule has 23 heavy (non-hydrogen) atoms. The number of nitrogens with one attached hydrogen (secondary N) is 1. The third-order valence-corrected chi connectivity index (χ3v) is 4.72. The molecule has 0 aliphatic heterocycles. The van der Waals surface area contributed by atoms with Gasteiger partial charge in [-0.05, 0) is 36.2 Å². The molecule has 0 fully saturated rings. The number of aryl methyl sites for hydroxylation is 1. The molecule has 0 radical (unpaired) electrons. The van der Waals surface area contributed by atoms with Crippen LogP contribution in [0.4, 0.5) is 0 Å². The number of thioether (sulfide) groups is 1. The molecule has 0 bridgehead atoms. The summed E-state index contributed by atoms with van der Waals surface area (Å²) in [6.07, 6.45) is 0. The number of amides is 1. The quantitative estimate of drug-likeness (QED) is 0.683. The number of halogens is 1. The zero-order valence-corrected chi connectivity index (χ0v) is 15.5. The van der Waals surface area contributed by atoms with E-state index in [1.807, 2.05) is 43.3 Å². The van der Waals surface area contributed by atoms with E-state index >= 15 is 0 Å². The van der Waals surface area contributed by atoms with Crippen LogP contribution in [0.3, 0.4) is 0 Å². The number of hydrogen-bond donors (Lipinski definition) is 1. The van der Waals surface area contributed by atoms with Crippen LogP contribution < -0.4 is 10.1 Å². The zero-order chi connectivity index (χ0) is 16.5. The van der Waals surface area contributed by atoms with Crippen molar-refractivity contribution in [1.29, 1.82) is 0 Å². The molecule has 122 valence electrons. The van der Waals surface area contributed by atoms with Crippen LogP contribution in [0.2, 0.25) is 0 Å². The van der Waals surface area contributed by atoms with Crippen molar-refractivity contribution in [3.05, 3.63) is 64.1 Å². The van der Waals surface area contributed by atoms with Gasteiger partial charge in [0.05, 0.1) is 12.3 Å². The maximum Gasteiger partial charge on any atom is 0.230 e. The second kappa shape index (κ2) is 9.63. The van der Waals surface area contributed by atoms with Crippen molar-refractivity contribution in [2.24, 2.45) is 0 Å². The maximum absolute atomic E-state index is 11.8. The van der Waals surface area contributed by atoms with Gasteiger partial charge in [-0.15, -0.1) is 11.8 Å². The number of hydrogen-bond acceptors (Lipinski definition) is 3. The van der Waals surface area contributed by atoms with Gasteiger partial charge < -0.3 is 10.1 Å². The maximum atomic E-state index is 11.8. The summed E-state index contributed by atoms with van der Waals surface area (Å²) >= 11 is 5.02. The summed E-state index contributed by atoms with van der Waals surface area (Å²) in [5.74, 6) is 2.20. The Morgan fingerprint density at radius 2 is 1.91 bits per heavy atom. The Morgan fingerprint density at radius 3 is 2.65 bits per heavy atom. The Hall–Kier alpha value is -1.46. The highest BCUT2D eigenvalue weighted by Crippen LogP contribution is 2.16. The molecule has 0 saturated carbocycles. The second-order valence-electron chi connectivity index (χ2n) is 5.08. The SMILES string of the molecule is Cc1ccccc1OCCNC(=O)CSCc1ccc(Br)cc1. The molecular formula is C18H20BrNO2S. The van der Waals surface area contributed by atoms with Crippen LogP contribution in [-0.4, -0.2) is 24.8 Å². The van der Waals surface area contributed by atoms with Gasteiger partial charge in [-0.25, -0.2) is 0 Å². The van der Waals surface area contributed by atoms with Gasteiger partial charge in [-0.2, -0.15) is 0 Å². The normalized spacial score (nSPS) is 10.3. The molecule has 2 aromatic carbocycles. The molecule has 0 aliphatic carbocycles. The van der Waals surface area contributed by atoms with Gasteiger partial charge in [-0.3, -0.25) is 4.79 Å². The predicted molar refractivity (Wildman–Crippen MR) is 100.0 cm³/mol. The van der Waals surface area contributed by atoms with Crippen molar-refractivity contribution in [3.63, 3.8) is 0 Å². The summed E-state index contributed by atoms with van der Waals surface area (Å²) in [6, 6.07) is 16.0. The molecule has 2 aromatic rings. The largest absolute Gasteiger partial charge is 0.491 e. The van der Waals surface area contributed by atoms with Crippen molar-refractivity contribution in [3.8, 4) is 5.75 Å². The van der Waals surface area contributed by atoms with Crippen molar-refractivity contribution in [1.82, 2.24) is 5.32 Å². The number of para-hydroxylation sites is 1. The molecule has 0 aliphatic rings. The Morgan fingerprint density at radius 1 is 1.17 bits per heavy atom. The first-order chi connectivity index (χ1) is 11.1. The molecule has 3 nitrogen and oxygen atoms in total. The smallest absolute Gasteiger partial charge is 0.230 e. The number of benzene rings is 2. The highest BCUT2D eigenvalue weighted by atomic mass is 79.9. The van der Waals surface area contributed by atoms with Crippen LogP contribution in [0.5, 0.6) is 5.75 Å². The molecule has 0 unspecified atom stereocenters. The Balaban J connectivity index is 1.58. The van der Waals surface area contributed by atoms with Crippen LogP contribution in [0.15, 0.2) is 53.0 Å². The van der Waals surface area contributed by atoms with E-state index in [2.05, 4.69) is 33.4 Å². The fraction of sp³-hybridized carbons (Fsp3) is 0.278. The van der Waals surface area contributed by atoms with Gasteiger partial charge in [-0.1, -0.05) is 46.3 Å². The highest BCUT2D eigenvalue weighted by molar-refractivity contribution is 9.10. The Kier molecular flexibility index (Phi) is 7.49. The van der Waals surface area contributed by atoms with Crippen molar-refractivity contribution >= 4 is 33.6 Å². The standard InChI is InChI=1S/C18H20BrNO2S/c1-14-4-2-3-5-17(14)22-11-10-20-18(21)13-23-12-15-6-8-16(19)9-7-15/h2-9H,10-13H2,1H3,(H,20,21). The molecule has 1 N–H and O–H groups in total. The lowest BCUT2D eigenvalue weighted by Gasteiger charge is -2.09. The van der Waals surface area contributed by atoms with Gasteiger partial charge in [0.15, 0.2) is 0 Å². The summed E-state index contributed by atoms with van der Waals surface area (Å²) in [5, 5.41) is 2.88. The molecule has 0 atom stereocenters. The molecule has 0 spiro atoms. The molecule has 0 saturated heterocycles. The van der Waals surface area contributed by atoms with Crippen molar-refractivity contribution < 1.29 is 9.53 Å². The summed E-state index contributed by atoms with van der Waals surface area (Å²) in [4.78, 5) is 11.8. The van der Waals surface area contributed by atoms with Crippen molar-refractivity contribution in [2.45, 2.75) is 12.7 Å². The first-order valence-corrected chi connectivity index (χ1v) is 9.37. The van der Waals surface area contributed by atoms with Gasteiger partial charge in [0.25, 0.3) is 0 Å². The zero-order valence-electron chi connectivity index (χ0n) is 13.0. The second-order valence-corrected chi connectivity index (χ2v) is 6.98. The fourth-order valence-corrected chi connectivity index (χ4v) is 3.05. The molecule has 0 aromatic heterocycles. The van der Waals surface area contributed by atoms with E-state index < -0.39 is 0 Å². The van der Waals surface area contributed by atoms with Crippen LogP contribution in [0.1, 0.15) is 11.1 Å². The lowest BCUT2D eigenvalue weighted by Crippen LogP contribution is -2.29. The third-order valence-electron chi connectivity index (χ3n) is 3.19. The third kappa shape index (κ3) is 6.67. The van der Waals surface area contributed by atoms with Crippen LogP contribution >= 0.6 is 27.7 Å². The lowest BCUT2D eigenvalue weighted by molar-refractivity contribution is -0.118. The minimum absolute atomic E-state index is 0.0421.